The molecule has 0 unspecified atom stereocenters. The Morgan fingerprint density at radius 2 is 0.358 bits per heavy atom. The van der Waals surface area contributed by atoms with Gasteiger partial charge in [0.1, 0.15) is 0 Å². The van der Waals surface area contributed by atoms with Gasteiger partial charge < -0.3 is 0 Å². The second kappa shape index (κ2) is 26.1. The zero-order valence-electron chi connectivity index (χ0n) is 59.7. The zero-order chi connectivity index (χ0) is 72.0. The normalized spacial score (nSPS) is 11.7. The molecule has 22 aromatic rings. The van der Waals surface area contributed by atoms with Crippen LogP contribution < -0.4 is 0 Å². The number of benzene rings is 20. The first-order valence-corrected chi connectivity index (χ1v) is 37.4. The van der Waals surface area contributed by atoms with E-state index in [0.717, 1.165) is 83.4 Å². The van der Waals surface area contributed by atoms with Crippen molar-refractivity contribution in [2.75, 3.05) is 0 Å². The van der Waals surface area contributed by atoms with E-state index in [-0.39, 0.29) is 0 Å². The first-order chi connectivity index (χ1) is 54.0. The predicted octanol–water partition coefficient (Wildman–Crippen LogP) is 28.4. The number of aryl methyl sites for hydroxylation is 1. The predicted molar refractivity (Wildman–Crippen MR) is 462 cm³/mol. The highest BCUT2D eigenvalue weighted by Crippen LogP contribution is 2.46. The molecule has 4 nitrogen and oxygen atoms in total. The second-order valence-electron chi connectivity index (χ2n) is 28.7. The van der Waals surface area contributed by atoms with Crippen LogP contribution in [0.4, 0.5) is 0 Å². The Morgan fingerprint density at radius 3 is 0.615 bits per heavy atom. The summed E-state index contributed by atoms with van der Waals surface area (Å²) in [5, 5.41) is 24.5. The summed E-state index contributed by atoms with van der Waals surface area (Å²) in [6.07, 6.45) is 0. The van der Waals surface area contributed by atoms with E-state index in [1.807, 2.05) is 0 Å². The van der Waals surface area contributed by atoms with Crippen molar-refractivity contribution >= 4 is 130 Å². The van der Waals surface area contributed by atoms with Crippen LogP contribution in [0.2, 0.25) is 0 Å². The lowest BCUT2D eigenvalue weighted by molar-refractivity contribution is 1.27. The first kappa shape index (κ1) is 63.2. The summed E-state index contributed by atoms with van der Waals surface area (Å²) in [7, 11) is 0. The molecule has 0 amide bonds. The number of para-hydroxylation sites is 1. The van der Waals surface area contributed by atoms with E-state index in [2.05, 4.69) is 389 Å². The van der Waals surface area contributed by atoms with Crippen LogP contribution in [0, 0.1) is 6.92 Å². The molecule has 0 aliphatic carbocycles. The molecule has 22 rings (SSSR count). The number of hydrogen-bond donors (Lipinski definition) is 0. The number of aromatic nitrogens is 4. The van der Waals surface area contributed by atoms with Crippen molar-refractivity contribution in [2.24, 2.45) is 0 Å². The lowest BCUT2D eigenvalue weighted by Crippen LogP contribution is -1.98. The third-order valence-corrected chi connectivity index (χ3v) is 22.3. The Balaban J connectivity index is 0.000000140. The molecule has 0 saturated heterocycles. The molecule has 2 aromatic heterocycles. The van der Waals surface area contributed by atoms with Crippen molar-refractivity contribution in [3.63, 3.8) is 0 Å². The minimum atomic E-state index is 0.866. The summed E-state index contributed by atoms with van der Waals surface area (Å²) in [5.41, 5.74) is 22.1. The Labute approximate surface area is 629 Å². The maximum absolute atomic E-state index is 5.60. The van der Waals surface area contributed by atoms with E-state index in [1.165, 1.54) is 141 Å². The molecule has 0 aliphatic rings. The standard InChI is InChI=1S/C56H34N2.C49H32N2/c1-5-17-43-39(13-1)33-40-14-2-6-18-44(40)51(43)35-25-29-37(30-26-35)53-54(58-56-50-24-12-10-22-48(50)47-21-9-11-23-49(47)55(56)57-53)38-31-27-36(28-32-38)52-45-19-7-3-15-41(45)34-42-16-4-8-20-46(42)52;1-31-11-10-20-44-47(31)51-49(35-27-23-33(24-28-35)46-42-18-8-4-14-38(42)30-39-15-5-9-19-43(39)46)48(50-44)34-25-21-32(22-26-34)45-40-16-6-2-12-36(40)29-37-13-3-7-17-41(37)45/h1-34H;2-30H,1H3. The fraction of sp³-hybridized carbons (Fsp3) is 0.00952. The lowest BCUT2D eigenvalue weighted by atomic mass is 9.90. The van der Waals surface area contributed by atoms with Gasteiger partial charge in [-0.2, -0.15) is 0 Å². The first-order valence-electron chi connectivity index (χ1n) is 37.4. The summed E-state index contributed by atoms with van der Waals surface area (Å²) in [4.78, 5) is 21.8. The maximum atomic E-state index is 5.60. The largest absolute Gasteiger partial charge is 0.244 e. The molecule has 0 bridgehead atoms. The van der Waals surface area contributed by atoms with Crippen molar-refractivity contribution in [1.29, 1.82) is 0 Å². The molecule has 2 heterocycles. The van der Waals surface area contributed by atoms with Gasteiger partial charge >= 0.3 is 0 Å². The molecule has 109 heavy (non-hydrogen) atoms. The molecule has 0 radical (unpaired) electrons. The SMILES string of the molecule is Cc1cccc2nc(-c3ccc(-c4c5ccccc5cc5ccccc45)cc3)c(-c3ccc(-c4c5ccccc5cc5ccccc45)cc3)nc12.c1ccc2c(-c3ccc(-c4nc5c6ccccc6c6ccccc6c5nc4-c4ccc(-c5c6ccccc6cc6ccccc56)cc4)cc3)c3ccccc3cc2c1. The number of fused-ring (bicyclic) bond motifs is 15. The number of rotatable bonds is 8. The minimum absolute atomic E-state index is 0.866. The van der Waals surface area contributed by atoms with E-state index in [9.17, 15) is 0 Å². The molecular formula is C105H66N4. The maximum Gasteiger partial charge on any atom is 0.0979 e. The highest BCUT2D eigenvalue weighted by atomic mass is 14.8. The van der Waals surface area contributed by atoms with Crippen LogP contribution in [0.15, 0.2) is 382 Å². The quantitative estimate of drug-likeness (QED) is 0.112. The van der Waals surface area contributed by atoms with Crippen molar-refractivity contribution in [1.82, 2.24) is 19.9 Å². The second-order valence-corrected chi connectivity index (χ2v) is 28.7. The van der Waals surface area contributed by atoms with Crippen molar-refractivity contribution in [2.45, 2.75) is 6.92 Å². The van der Waals surface area contributed by atoms with Crippen LogP contribution in [0.5, 0.6) is 0 Å². The van der Waals surface area contributed by atoms with Crippen LogP contribution in [0.1, 0.15) is 5.56 Å². The third-order valence-electron chi connectivity index (χ3n) is 22.3. The van der Waals surface area contributed by atoms with Crippen molar-refractivity contribution < 1.29 is 0 Å². The molecule has 0 aliphatic heterocycles. The van der Waals surface area contributed by atoms with Gasteiger partial charge in [0.15, 0.2) is 0 Å². The molecule has 0 N–H and O–H groups in total. The van der Waals surface area contributed by atoms with Crippen molar-refractivity contribution in [3.8, 4) is 89.5 Å². The summed E-state index contributed by atoms with van der Waals surface area (Å²) in [6.45, 7) is 2.11. The molecule has 20 aromatic carbocycles. The van der Waals surface area contributed by atoms with Gasteiger partial charge in [0, 0.05) is 33.0 Å². The molecule has 0 spiro atoms. The van der Waals surface area contributed by atoms with Gasteiger partial charge in [-0.3, -0.25) is 0 Å². The topological polar surface area (TPSA) is 51.6 Å². The average molecular weight is 1380 g/mol. The van der Waals surface area contributed by atoms with Crippen molar-refractivity contribution in [3.05, 3.63) is 388 Å². The summed E-state index contributed by atoms with van der Waals surface area (Å²) >= 11 is 0. The van der Waals surface area contributed by atoms with E-state index in [0.29, 0.717) is 0 Å². The van der Waals surface area contributed by atoms with Crippen LogP contribution in [-0.4, -0.2) is 19.9 Å². The van der Waals surface area contributed by atoms with Gasteiger partial charge in [0.05, 0.1) is 44.8 Å². The summed E-state index contributed by atoms with van der Waals surface area (Å²) in [5.74, 6) is 0. The summed E-state index contributed by atoms with van der Waals surface area (Å²) < 4.78 is 0. The smallest absolute Gasteiger partial charge is 0.0979 e. The molecule has 0 atom stereocenters. The van der Waals surface area contributed by atoms with E-state index in [4.69, 9.17) is 19.9 Å². The van der Waals surface area contributed by atoms with E-state index in [1.54, 1.807) is 0 Å². The minimum Gasteiger partial charge on any atom is -0.244 e. The Hall–Kier alpha value is -14.3. The molecule has 4 heteroatoms. The fourth-order valence-electron chi connectivity index (χ4n) is 17.2. The zero-order valence-corrected chi connectivity index (χ0v) is 59.7. The Kier molecular flexibility index (Phi) is 15.1. The van der Waals surface area contributed by atoms with Gasteiger partial charge in [-0.05, 0) is 184 Å². The summed E-state index contributed by atoms with van der Waals surface area (Å²) in [6, 6.07) is 138. The van der Waals surface area contributed by atoms with Gasteiger partial charge in [0.25, 0.3) is 0 Å². The lowest BCUT2D eigenvalue weighted by Gasteiger charge is -2.16. The van der Waals surface area contributed by atoms with Gasteiger partial charge in [-0.1, -0.05) is 352 Å². The Bertz CT molecular complexity index is 6990. The highest BCUT2D eigenvalue weighted by molar-refractivity contribution is 6.24. The van der Waals surface area contributed by atoms with Crippen LogP contribution >= 0.6 is 0 Å². The van der Waals surface area contributed by atoms with Gasteiger partial charge in [-0.25, -0.2) is 19.9 Å². The van der Waals surface area contributed by atoms with Gasteiger partial charge in [-0.15, -0.1) is 0 Å². The number of hydrogen-bond acceptors (Lipinski definition) is 4. The Morgan fingerprint density at radius 1 is 0.156 bits per heavy atom. The molecule has 0 saturated carbocycles. The third kappa shape index (κ3) is 10.8. The van der Waals surface area contributed by atoms with Crippen LogP contribution in [-0.2, 0) is 0 Å². The van der Waals surface area contributed by atoms with Crippen LogP contribution in [0.3, 0.4) is 0 Å². The highest BCUT2D eigenvalue weighted by Gasteiger charge is 2.22. The average Bonchev–Trinajstić information content (AvgIpc) is 0.903. The molecule has 506 valence electrons. The molecule has 0 fully saturated rings. The fourth-order valence-corrected chi connectivity index (χ4v) is 17.2. The molecular weight excluding hydrogens is 1320 g/mol. The monoisotopic (exact) mass is 1380 g/mol. The van der Waals surface area contributed by atoms with Gasteiger partial charge in [0.2, 0.25) is 0 Å². The van der Waals surface area contributed by atoms with E-state index < -0.39 is 0 Å². The van der Waals surface area contributed by atoms with Crippen LogP contribution in [0.25, 0.3) is 219 Å². The van der Waals surface area contributed by atoms with E-state index >= 15 is 0 Å². The number of nitrogens with zero attached hydrogens (tertiary/aromatic N) is 4.